The molecule has 1 aliphatic carbocycles. The lowest BCUT2D eigenvalue weighted by Crippen LogP contribution is -2.47. The van der Waals surface area contributed by atoms with Crippen LogP contribution in [0, 0.1) is 5.92 Å². The summed E-state index contributed by atoms with van der Waals surface area (Å²) in [5, 5.41) is 2.11. The molecule has 1 aliphatic rings. The van der Waals surface area contributed by atoms with Gasteiger partial charge in [-0.2, -0.15) is 13.2 Å². The molecule has 0 saturated heterocycles. The normalized spacial score (nSPS) is 19.8. The lowest BCUT2D eigenvalue weighted by Gasteiger charge is -2.21. The third-order valence-electron chi connectivity index (χ3n) is 3.19. The summed E-state index contributed by atoms with van der Waals surface area (Å²) in [6, 6.07) is 0. The van der Waals surface area contributed by atoms with E-state index in [0.29, 0.717) is 13.0 Å². The van der Waals surface area contributed by atoms with Crippen molar-refractivity contribution < 1.29 is 18.0 Å². The van der Waals surface area contributed by atoms with Crippen LogP contribution in [0.15, 0.2) is 0 Å². The first-order valence-corrected chi connectivity index (χ1v) is 5.88. The molecule has 1 atom stereocenters. The predicted octanol–water partition coefficient (Wildman–Crippen LogP) is 1.96. The molecule has 6 heteroatoms. The van der Waals surface area contributed by atoms with Crippen LogP contribution in [0.5, 0.6) is 0 Å². The second-order valence-corrected chi connectivity index (χ2v) is 4.85. The number of halogens is 3. The standard InChI is InChI=1S/C11H19F3N2O/c1-8(4-7-15)2-3-9(17)16-10(5-6-10)11(12,13)14/h8H,2-7,15H2,1H3,(H,16,17). The highest BCUT2D eigenvalue weighted by Gasteiger charge is 2.64. The first-order valence-electron chi connectivity index (χ1n) is 5.88. The summed E-state index contributed by atoms with van der Waals surface area (Å²) in [5.41, 5.74) is 3.43. The molecule has 100 valence electrons. The molecular formula is C11H19F3N2O. The Balaban J connectivity index is 2.31. The molecule has 0 aromatic carbocycles. The summed E-state index contributed by atoms with van der Waals surface area (Å²) < 4.78 is 37.6. The van der Waals surface area contributed by atoms with Gasteiger partial charge in [-0.25, -0.2) is 0 Å². The lowest BCUT2D eigenvalue weighted by molar-refractivity contribution is -0.170. The van der Waals surface area contributed by atoms with Crippen molar-refractivity contribution in [3.05, 3.63) is 0 Å². The van der Waals surface area contributed by atoms with Crippen molar-refractivity contribution in [1.82, 2.24) is 5.32 Å². The summed E-state index contributed by atoms with van der Waals surface area (Å²) in [6.45, 7) is 2.48. The van der Waals surface area contributed by atoms with E-state index < -0.39 is 17.6 Å². The molecule has 0 aliphatic heterocycles. The highest BCUT2D eigenvalue weighted by molar-refractivity contribution is 5.77. The monoisotopic (exact) mass is 252 g/mol. The van der Waals surface area contributed by atoms with Crippen molar-refractivity contribution in [2.75, 3.05) is 6.54 Å². The van der Waals surface area contributed by atoms with Gasteiger partial charge in [-0.3, -0.25) is 4.79 Å². The quantitative estimate of drug-likeness (QED) is 0.759. The van der Waals surface area contributed by atoms with Gasteiger partial charge < -0.3 is 11.1 Å². The van der Waals surface area contributed by atoms with Gasteiger partial charge in [0.1, 0.15) is 5.54 Å². The largest absolute Gasteiger partial charge is 0.411 e. The minimum absolute atomic E-state index is 0.000589. The molecule has 0 heterocycles. The summed E-state index contributed by atoms with van der Waals surface area (Å²) >= 11 is 0. The zero-order chi connectivity index (χ0) is 13.1. The topological polar surface area (TPSA) is 55.1 Å². The van der Waals surface area contributed by atoms with Gasteiger partial charge in [-0.15, -0.1) is 0 Å². The van der Waals surface area contributed by atoms with Crippen molar-refractivity contribution in [1.29, 1.82) is 0 Å². The molecule has 17 heavy (non-hydrogen) atoms. The number of hydrogen-bond donors (Lipinski definition) is 2. The third kappa shape index (κ3) is 3.87. The van der Waals surface area contributed by atoms with Crippen molar-refractivity contribution >= 4 is 5.91 Å². The van der Waals surface area contributed by atoms with Gasteiger partial charge in [0.05, 0.1) is 0 Å². The van der Waals surface area contributed by atoms with Crippen LogP contribution < -0.4 is 11.1 Å². The Morgan fingerprint density at radius 1 is 1.41 bits per heavy atom. The Labute approximate surface area is 98.9 Å². The maximum absolute atomic E-state index is 12.5. The molecule has 0 aromatic heterocycles. The van der Waals surface area contributed by atoms with Gasteiger partial charge in [0.25, 0.3) is 0 Å². The van der Waals surface area contributed by atoms with Crippen LogP contribution >= 0.6 is 0 Å². The van der Waals surface area contributed by atoms with Crippen LogP contribution in [0.2, 0.25) is 0 Å². The average Bonchev–Trinajstić information content (AvgIpc) is 2.95. The van der Waals surface area contributed by atoms with E-state index in [-0.39, 0.29) is 25.2 Å². The first-order chi connectivity index (χ1) is 7.81. The Morgan fingerprint density at radius 2 is 2.00 bits per heavy atom. The Morgan fingerprint density at radius 3 is 2.41 bits per heavy atom. The van der Waals surface area contributed by atoms with Gasteiger partial charge in [-0.05, 0) is 38.1 Å². The zero-order valence-corrected chi connectivity index (χ0v) is 9.94. The second-order valence-electron chi connectivity index (χ2n) is 4.85. The minimum Gasteiger partial charge on any atom is -0.342 e. The van der Waals surface area contributed by atoms with Gasteiger partial charge in [-0.1, -0.05) is 6.92 Å². The fourth-order valence-electron chi connectivity index (χ4n) is 1.74. The molecule has 0 aromatic rings. The number of carbonyl (C=O) groups is 1. The number of hydrogen-bond acceptors (Lipinski definition) is 2. The van der Waals surface area contributed by atoms with Gasteiger partial charge in [0.2, 0.25) is 5.91 Å². The molecule has 1 amide bonds. The van der Waals surface area contributed by atoms with Crippen molar-refractivity contribution in [3.63, 3.8) is 0 Å². The fraction of sp³-hybridized carbons (Fsp3) is 0.909. The van der Waals surface area contributed by atoms with Crippen LogP contribution in [-0.4, -0.2) is 24.2 Å². The van der Waals surface area contributed by atoms with Crippen LogP contribution in [-0.2, 0) is 4.79 Å². The molecule has 0 spiro atoms. The molecule has 3 N–H and O–H groups in total. The van der Waals surface area contributed by atoms with E-state index in [0.717, 1.165) is 6.42 Å². The minimum atomic E-state index is -4.33. The number of alkyl halides is 3. The summed E-state index contributed by atoms with van der Waals surface area (Å²) in [5.74, 6) is -0.240. The molecular weight excluding hydrogens is 233 g/mol. The molecule has 3 nitrogen and oxygen atoms in total. The van der Waals surface area contributed by atoms with Gasteiger partial charge in [0.15, 0.2) is 0 Å². The van der Waals surface area contributed by atoms with E-state index in [2.05, 4.69) is 5.32 Å². The van der Waals surface area contributed by atoms with Crippen LogP contribution in [0.3, 0.4) is 0 Å². The number of rotatable bonds is 6. The van der Waals surface area contributed by atoms with E-state index in [1.54, 1.807) is 0 Å². The van der Waals surface area contributed by atoms with Gasteiger partial charge >= 0.3 is 6.18 Å². The lowest BCUT2D eigenvalue weighted by atomic mass is 10.0. The average molecular weight is 252 g/mol. The predicted molar refractivity (Wildman–Crippen MR) is 58.2 cm³/mol. The molecule has 1 fully saturated rings. The van der Waals surface area contributed by atoms with E-state index in [9.17, 15) is 18.0 Å². The fourth-order valence-corrected chi connectivity index (χ4v) is 1.74. The summed E-state index contributed by atoms with van der Waals surface area (Å²) in [7, 11) is 0. The van der Waals surface area contributed by atoms with E-state index >= 15 is 0 Å². The number of amides is 1. The number of nitrogens with two attached hydrogens (primary N) is 1. The van der Waals surface area contributed by atoms with Crippen LogP contribution in [0.4, 0.5) is 13.2 Å². The van der Waals surface area contributed by atoms with Crippen LogP contribution in [0.25, 0.3) is 0 Å². The highest BCUT2D eigenvalue weighted by Crippen LogP contribution is 2.48. The van der Waals surface area contributed by atoms with Crippen molar-refractivity contribution in [3.8, 4) is 0 Å². The van der Waals surface area contributed by atoms with Crippen LogP contribution in [0.1, 0.15) is 39.0 Å². The van der Waals surface area contributed by atoms with E-state index in [1.807, 2.05) is 6.92 Å². The Bertz CT molecular complexity index is 274. The SMILES string of the molecule is CC(CCN)CCC(=O)NC1(C(F)(F)F)CC1. The maximum atomic E-state index is 12.5. The molecule has 0 radical (unpaired) electrons. The van der Waals surface area contributed by atoms with Crippen molar-refractivity contribution in [2.45, 2.75) is 50.7 Å². The zero-order valence-electron chi connectivity index (χ0n) is 9.94. The molecule has 1 saturated carbocycles. The van der Waals surface area contributed by atoms with Crippen molar-refractivity contribution in [2.24, 2.45) is 11.7 Å². The van der Waals surface area contributed by atoms with E-state index in [1.165, 1.54) is 0 Å². The highest BCUT2D eigenvalue weighted by atomic mass is 19.4. The number of nitrogens with one attached hydrogen (secondary N) is 1. The van der Waals surface area contributed by atoms with E-state index in [4.69, 9.17) is 5.73 Å². The Kier molecular flexibility index (Phi) is 4.41. The second kappa shape index (κ2) is 5.25. The first kappa shape index (κ1) is 14.3. The molecule has 1 unspecified atom stereocenters. The molecule has 0 bridgehead atoms. The Hall–Kier alpha value is -0.780. The smallest absolute Gasteiger partial charge is 0.342 e. The number of carbonyl (C=O) groups excluding carboxylic acids is 1. The molecule has 1 rings (SSSR count). The third-order valence-corrected chi connectivity index (χ3v) is 3.19. The summed E-state index contributed by atoms with van der Waals surface area (Å²) in [6.07, 6.45) is -2.82. The summed E-state index contributed by atoms with van der Waals surface area (Å²) in [4.78, 5) is 11.4. The van der Waals surface area contributed by atoms with Gasteiger partial charge in [0, 0.05) is 6.42 Å². The maximum Gasteiger partial charge on any atom is 0.411 e.